The summed E-state index contributed by atoms with van der Waals surface area (Å²) in [5.74, 6) is -0.409. The van der Waals surface area contributed by atoms with Crippen LogP contribution in [0.4, 0.5) is 5.69 Å². The van der Waals surface area contributed by atoms with Crippen molar-refractivity contribution in [2.24, 2.45) is 0 Å². The standard InChI is InChI=1S/C17H17N5O3S/c23-17(21-15-4-2-6-18-12-15)14-3-1-5-16(11-14)26(24,25)20-8-10-22-9-7-19-13-22/h1-7,9,11-13,20H,8,10H2,(H,21,23). The second-order valence-electron chi connectivity index (χ2n) is 5.42. The van der Waals surface area contributed by atoms with Crippen molar-refractivity contribution in [2.45, 2.75) is 11.4 Å². The monoisotopic (exact) mass is 371 g/mol. The molecule has 0 saturated carbocycles. The van der Waals surface area contributed by atoms with E-state index >= 15 is 0 Å². The van der Waals surface area contributed by atoms with Gasteiger partial charge in [0.15, 0.2) is 0 Å². The van der Waals surface area contributed by atoms with Crippen molar-refractivity contribution in [3.05, 3.63) is 73.1 Å². The molecular weight excluding hydrogens is 354 g/mol. The van der Waals surface area contributed by atoms with Crippen LogP contribution in [0.1, 0.15) is 10.4 Å². The van der Waals surface area contributed by atoms with Crippen molar-refractivity contribution in [2.75, 3.05) is 11.9 Å². The van der Waals surface area contributed by atoms with E-state index in [9.17, 15) is 13.2 Å². The SMILES string of the molecule is O=C(Nc1cccnc1)c1cccc(S(=O)(=O)NCCn2ccnc2)c1. The number of anilines is 1. The average molecular weight is 371 g/mol. The molecule has 0 saturated heterocycles. The number of hydrogen-bond acceptors (Lipinski definition) is 5. The summed E-state index contributed by atoms with van der Waals surface area (Å²) in [6.45, 7) is 0.672. The van der Waals surface area contributed by atoms with E-state index in [0.717, 1.165) is 0 Å². The Morgan fingerprint density at radius 3 is 2.73 bits per heavy atom. The zero-order valence-electron chi connectivity index (χ0n) is 13.7. The van der Waals surface area contributed by atoms with Crippen LogP contribution in [0.3, 0.4) is 0 Å². The molecule has 8 nitrogen and oxygen atoms in total. The Morgan fingerprint density at radius 1 is 1.12 bits per heavy atom. The lowest BCUT2D eigenvalue weighted by molar-refractivity contribution is 0.102. The van der Waals surface area contributed by atoms with Crippen LogP contribution in [0, 0.1) is 0 Å². The number of aromatic nitrogens is 3. The number of carbonyl (C=O) groups excluding carboxylic acids is 1. The number of amides is 1. The summed E-state index contributed by atoms with van der Waals surface area (Å²) < 4.78 is 29.1. The van der Waals surface area contributed by atoms with Gasteiger partial charge in [0.1, 0.15) is 0 Å². The first-order valence-corrected chi connectivity index (χ1v) is 9.30. The van der Waals surface area contributed by atoms with Gasteiger partial charge in [0.05, 0.1) is 23.1 Å². The lowest BCUT2D eigenvalue weighted by Gasteiger charge is -2.09. The maximum atomic E-state index is 12.4. The third-order valence-corrected chi connectivity index (χ3v) is 5.01. The maximum absolute atomic E-state index is 12.4. The van der Waals surface area contributed by atoms with Crippen molar-refractivity contribution in [1.82, 2.24) is 19.3 Å². The molecule has 0 fully saturated rings. The normalized spacial score (nSPS) is 11.2. The fourth-order valence-corrected chi connectivity index (χ4v) is 3.32. The minimum absolute atomic E-state index is 0.0296. The van der Waals surface area contributed by atoms with Crippen molar-refractivity contribution in [3.8, 4) is 0 Å². The van der Waals surface area contributed by atoms with Gasteiger partial charge >= 0.3 is 0 Å². The fraction of sp³-hybridized carbons (Fsp3) is 0.118. The van der Waals surface area contributed by atoms with Gasteiger partial charge in [0.25, 0.3) is 5.91 Å². The van der Waals surface area contributed by atoms with Crippen LogP contribution >= 0.6 is 0 Å². The summed E-state index contributed by atoms with van der Waals surface area (Å²) >= 11 is 0. The van der Waals surface area contributed by atoms with Crippen molar-refractivity contribution < 1.29 is 13.2 Å². The minimum atomic E-state index is -3.72. The smallest absolute Gasteiger partial charge is 0.255 e. The molecular formula is C17H17N5O3S. The average Bonchev–Trinajstić information content (AvgIpc) is 3.16. The summed E-state index contributed by atoms with van der Waals surface area (Å²) in [7, 11) is -3.72. The summed E-state index contributed by atoms with van der Waals surface area (Å²) in [6, 6.07) is 9.26. The zero-order chi connectivity index (χ0) is 18.4. The minimum Gasteiger partial charge on any atom is -0.336 e. The van der Waals surface area contributed by atoms with Gasteiger partial charge in [-0.3, -0.25) is 9.78 Å². The van der Waals surface area contributed by atoms with E-state index in [0.29, 0.717) is 12.2 Å². The molecule has 0 aliphatic heterocycles. The summed E-state index contributed by atoms with van der Waals surface area (Å²) in [5.41, 5.74) is 0.774. The van der Waals surface area contributed by atoms with E-state index in [2.05, 4.69) is 20.0 Å². The Hall–Kier alpha value is -3.04. The highest BCUT2D eigenvalue weighted by atomic mass is 32.2. The number of carbonyl (C=O) groups is 1. The molecule has 2 N–H and O–H groups in total. The van der Waals surface area contributed by atoms with Crippen molar-refractivity contribution in [1.29, 1.82) is 0 Å². The number of imidazole rings is 1. The third-order valence-electron chi connectivity index (χ3n) is 3.55. The molecule has 0 bridgehead atoms. The summed E-state index contributed by atoms with van der Waals surface area (Å²) in [5, 5.41) is 2.67. The Kier molecular flexibility index (Phi) is 5.40. The number of nitrogens with one attached hydrogen (secondary N) is 2. The fourth-order valence-electron chi connectivity index (χ4n) is 2.26. The molecule has 3 aromatic rings. The highest BCUT2D eigenvalue weighted by molar-refractivity contribution is 7.89. The number of benzene rings is 1. The number of pyridine rings is 1. The molecule has 0 spiro atoms. The van der Waals surface area contributed by atoms with Gasteiger partial charge in [-0.15, -0.1) is 0 Å². The quantitative estimate of drug-likeness (QED) is 0.655. The van der Waals surface area contributed by atoms with E-state index in [1.165, 1.54) is 24.4 Å². The second kappa shape index (κ2) is 7.89. The molecule has 26 heavy (non-hydrogen) atoms. The van der Waals surface area contributed by atoms with Crippen LogP contribution < -0.4 is 10.0 Å². The zero-order valence-corrected chi connectivity index (χ0v) is 14.6. The molecule has 0 aliphatic carbocycles. The molecule has 0 atom stereocenters. The van der Waals surface area contributed by atoms with Crippen LogP contribution in [0.2, 0.25) is 0 Å². The lowest BCUT2D eigenvalue weighted by atomic mass is 10.2. The lowest BCUT2D eigenvalue weighted by Crippen LogP contribution is -2.27. The number of hydrogen-bond donors (Lipinski definition) is 2. The van der Waals surface area contributed by atoms with Gasteiger partial charge in [-0.1, -0.05) is 6.07 Å². The molecule has 2 heterocycles. The van der Waals surface area contributed by atoms with E-state index in [1.54, 1.807) is 47.7 Å². The van der Waals surface area contributed by atoms with E-state index in [1.807, 2.05) is 0 Å². The first kappa shape index (κ1) is 17.8. The van der Waals surface area contributed by atoms with Crippen LogP contribution in [-0.2, 0) is 16.6 Å². The molecule has 1 aromatic carbocycles. The first-order valence-electron chi connectivity index (χ1n) is 7.81. The van der Waals surface area contributed by atoms with Crippen LogP contribution in [0.5, 0.6) is 0 Å². The van der Waals surface area contributed by atoms with Crippen molar-refractivity contribution in [3.63, 3.8) is 0 Å². The van der Waals surface area contributed by atoms with Gasteiger partial charge in [0, 0.05) is 37.2 Å². The topological polar surface area (TPSA) is 106 Å². The van der Waals surface area contributed by atoms with Crippen LogP contribution in [-0.4, -0.2) is 35.4 Å². The predicted octanol–water partition coefficient (Wildman–Crippen LogP) is 1.51. The van der Waals surface area contributed by atoms with Crippen LogP contribution in [0.15, 0.2) is 72.4 Å². The van der Waals surface area contributed by atoms with Gasteiger partial charge in [0.2, 0.25) is 10.0 Å². The Bertz CT molecular complexity index is 973. The Balaban J connectivity index is 1.68. The van der Waals surface area contributed by atoms with E-state index in [-0.39, 0.29) is 17.0 Å². The summed E-state index contributed by atoms with van der Waals surface area (Å²) in [6.07, 6.45) is 8.09. The second-order valence-corrected chi connectivity index (χ2v) is 7.19. The van der Waals surface area contributed by atoms with Gasteiger partial charge < -0.3 is 9.88 Å². The van der Waals surface area contributed by atoms with E-state index in [4.69, 9.17) is 0 Å². The van der Waals surface area contributed by atoms with Crippen LogP contribution in [0.25, 0.3) is 0 Å². The molecule has 0 radical (unpaired) electrons. The van der Waals surface area contributed by atoms with Gasteiger partial charge in [-0.25, -0.2) is 18.1 Å². The molecule has 2 aromatic heterocycles. The summed E-state index contributed by atoms with van der Waals surface area (Å²) in [4.78, 5) is 20.1. The highest BCUT2D eigenvalue weighted by Gasteiger charge is 2.16. The Labute approximate surface area is 151 Å². The number of rotatable bonds is 7. The number of nitrogens with zero attached hydrogens (tertiary/aromatic N) is 3. The largest absolute Gasteiger partial charge is 0.336 e. The molecule has 9 heteroatoms. The van der Waals surface area contributed by atoms with Gasteiger partial charge in [-0.05, 0) is 30.3 Å². The predicted molar refractivity (Wildman–Crippen MR) is 96.0 cm³/mol. The van der Waals surface area contributed by atoms with E-state index < -0.39 is 15.9 Å². The highest BCUT2D eigenvalue weighted by Crippen LogP contribution is 2.13. The molecule has 0 unspecified atom stereocenters. The number of sulfonamides is 1. The van der Waals surface area contributed by atoms with Crippen molar-refractivity contribution >= 4 is 21.6 Å². The Morgan fingerprint density at radius 2 is 2.00 bits per heavy atom. The van der Waals surface area contributed by atoms with Gasteiger partial charge in [-0.2, -0.15) is 0 Å². The molecule has 3 rings (SSSR count). The first-order chi connectivity index (χ1) is 12.5. The molecule has 0 aliphatic rings. The molecule has 1 amide bonds. The molecule has 134 valence electrons. The third kappa shape index (κ3) is 4.52. The maximum Gasteiger partial charge on any atom is 0.255 e.